The Hall–Kier alpha value is -1.88. The Kier molecular flexibility index (Phi) is 11.3. The molecule has 1 aromatic heterocycles. The number of benzene rings is 1. The quantitative estimate of drug-likeness (QED) is 0.296. The van der Waals surface area contributed by atoms with Crippen molar-refractivity contribution in [2.75, 3.05) is 14.1 Å². The molecule has 0 atom stereocenters. The SMILES string of the molecule is CCc1cnc(CNC(=NC)NCc2ccc(CN(C)C(=O)OC(C)(C)C)cc2)s1.I. The van der Waals surface area contributed by atoms with Crippen LogP contribution in [0.2, 0.25) is 0 Å². The smallest absolute Gasteiger partial charge is 0.410 e. The Labute approximate surface area is 206 Å². The van der Waals surface area contributed by atoms with Gasteiger partial charge in [-0.05, 0) is 38.3 Å². The van der Waals surface area contributed by atoms with Gasteiger partial charge in [0.2, 0.25) is 0 Å². The van der Waals surface area contributed by atoms with Crippen molar-refractivity contribution in [3.63, 3.8) is 0 Å². The number of carbonyl (C=O) groups is 1. The van der Waals surface area contributed by atoms with Crippen molar-refractivity contribution in [3.05, 3.63) is 51.5 Å². The van der Waals surface area contributed by atoms with E-state index >= 15 is 0 Å². The van der Waals surface area contributed by atoms with Crippen LogP contribution in [0.25, 0.3) is 0 Å². The van der Waals surface area contributed by atoms with E-state index in [1.54, 1.807) is 30.3 Å². The van der Waals surface area contributed by atoms with Gasteiger partial charge in [-0.1, -0.05) is 31.2 Å². The topological polar surface area (TPSA) is 78.9 Å². The number of thiazole rings is 1. The summed E-state index contributed by atoms with van der Waals surface area (Å²) in [5.74, 6) is 0.733. The van der Waals surface area contributed by atoms with Crippen LogP contribution in [0.4, 0.5) is 4.79 Å². The maximum atomic E-state index is 12.1. The molecule has 31 heavy (non-hydrogen) atoms. The van der Waals surface area contributed by atoms with Gasteiger partial charge >= 0.3 is 6.09 Å². The number of carbonyl (C=O) groups excluding carboxylic acids is 1. The number of ether oxygens (including phenoxy) is 1. The number of hydrogen-bond acceptors (Lipinski definition) is 5. The fourth-order valence-corrected chi connectivity index (χ4v) is 3.40. The standard InChI is InChI=1S/C22H33N5O2S.HI/c1-7-18-13-24-19(30-18)14-26-20(23-5)25-12-16-8-10-17(11-9-16)15-27(6)21(28)29-22(2,3)4;/h8-11,13H,7,12,14-15H2,1-6H3,(H2,23,25,26);1H. The van der Waals surface area contributed by atoms with E-state index in [9.17, 15) is 4.79 Å². The molecule has 0 unspecified atom stereocenters. The molecule has 0 saturated heterocycles. The lowest BCUT2D eigenvalue weighted by molar-refractivity contribution is 0.0285. The number of guanidine groups is 1. The van der Waals surface area contributed by atoms with Crippen LogP contribution in [0.1, 0.15) is 48.7 Å². The van der Waals surface area contributed by atoms with Crippen LogP contribution in [0.5, 0.6) is 0 Å². The molecule has 1 aromatic carbocycles. The summed E-state index contributed by atoms with van der Waals surface area (Å²) >= 11 is 1.72. The molecule has 0 bridgehead atoms. The van der Waals surface area contributed by atoms with E-state index in [2.05, 4.69) is 27.5 Å². The van der Waals surface area contributed by atoms with E-state index in [4.69, 9.17) is 4.74 Å². The normalized spacial score (nSPS) is 11.5. The third-order valence-corrected chi connectivity index (χ3v) is 5.33. The number of nitrogens with one attached hydrogen (secondary N) is 2. The first-order chi connectivity index (χ1) is 14.2. The predicted molar refractivity (Wildman–Crippen MR) is 138 cm³/mol. The van der Waals surface area contributed by atoms with E-state index in [0.717, 1.165) is 28.5 Å². The van der Waals surface area contributed by atoms with Crippen LogP contribution in [0.15, 0.2) is 35.5 Å². The first-order valence-corrected chi connectivity index (χ1v) is 10.9. The molecule has 0 radical (unpaired) electrons. The number of aromatic nitrogens is 1. The Morgan fingerprint density at radius 2 is 1.77 bits per heavy atom. The molecule has 172 valence electrons. The van der Waals surface area contributed by atoms with Gasteiger partial charge in [0.15, 0.2) is 5.96 Å². The average Bonchev–Trinajstić information content (AvgIpc) is 3.16. The summed E-state index contributed by atoms with van der Waals surface area (Å²) in [6, 6.07) is 8.14. The van der Waals surface area contributed by atoms with Gasteiger partial charge in [-0.3, -0.25) is 4.99 Å². The molecule has 0 aliphatic heterocycles. The molecule has 9 heteroatoms. The van der Waals surface area contributed by atoms with Crippen molar-refractivity contribution in [2.24, 2.45) is 4.99 Å². The van der Waals surface area contributed by atoms with Crippen molar-refractivity contribution in [2.45, 2.75) is 59.4 Å². The summed E-state index contributed by atoms with van der Waals surface area (Å²) in [5.41, 5.74) is 1.68. The highest BCUT2D eigenvalue weighted by atomic mass is 127. The van der Waals surface area contributed by atoms with Crippen LogP contribution in [0.3, 0.4) is 0 Å². The van der Waals surface area contributed by atoms with Gasteiger partial charge in [0.25, 0.3) is 0 Å². The zero-order chi connectivity index (χ0) is 22.1. The molecule has 2 N–H and O–H groups in total. The number of amides is 1. The summed E-state index contributed by atoms with van der Waals surface area (Å²) in [6.45, 7) is 9.53. The average molecular weight is 560 g/mol. The van der Waals surface area contributed by atoms with Gasteiger partial charge in [-0.15, -0.1) is 35.3 Å². The van der Waals surface area contributed by atoms with Crippen LogP contribution >= 0.6 is 35.3 Å². The van der Waals surface area contributed by atoms with Crippen LogP contribution in [-0.2, 0) is 30.8 Å². The number of halogens is 1. The second-order valence-electron chi connectivity index (χ2n) is 8.01. The Balaban J connectivity index is 0.00000480. The summed E-state index contributed by atoms with van der Waals surface area (Å²) in [7, 11) is 3.50. The zero-order valence-electron chi connectivity index (χ0n) is 19.2. The molecule has 2 aromatic rings. The maximum Gasteiger partial charge on any atom is 0.410 e. The first kappa shape index (κ1) is 27.2. The van der Waals surface area contributed by atoms with Gasteiger partial charge in [0.05, 0.1) is 6.54 Å². The molecule has 0 aliphatic rings. The number of aryl methyl sites for hydroxylation is 1. The molecule has 0 aliphatic carbocycles. The fourth-order valence-electron chi connectivity index (χ4n) is 2.60. The minimum Gasteiger partial charge on any atom is -0.444 e. The minimum atomic E-state index is -0.495. The van der Waals surface area contributed by atoms with Crippen LogP contribution in [0, 0.1) is 0 Å². The molecule has 0 saturated carbocycles. The van der Waals surface area contributed by atoms with Gasteiger partial charge in [0, 0.05) is 38.3 Å². The van der Waals surface area contributed by atoms with E-state index in [-0.39, 0.29) is 30.1 Å². The summed E-state index contributed by atoms with van der Waals surface area (Å²) in [5, 5.41) is 7.65. The third kappa shape index (κ3) is 9.86. The third-order valence-electron chi connectivity index (χ3n) is 4.19. The largest absolute Gasteiger partial charge is 0.444 e. The molecule has 7 nitrogen and oxygen atoms in total. The van der Waals surface area contributed by atoms with Crippen molar-refractivity contribution in [3.8, 4) is 0 Å². The van der Waals surface area contributed by atoms with Gasteiger partial charge in [-0.2, -0.15) is 0 Å². The molecule has 2 rings (SSSR count). The lowest BCUT2D eigenvalue weighted by Crippen LogP contribution is -2.36. The van der Waals surface area contributed by atoms with Gasteiger partial charge < -0.3 is 20.3 Å². The zero-order valence-corrected chi connectivity index (χ0v) is 22.3. The highest BCUT2D eigenvalue weighted by Gasteiger charge is 2.19. The second-order valence-corrected chi connectivity index (χ2v) is 9.21. The van der Waals surface area contributed by atoms with E-state index < -0.39 is 5.60 Å². The summed E-state index contributed by atoms with van der Waals surface area (Å²) in [6.07, 6.45) is 2.61. The Morgan fingerprint density at radius 3 is 2.32 bits per heavy atom. The van der Waals surface area contributed by atoms with E-state index in [1.807, 2.05) is 51.2 Å². The van der Waals surface area contributed by atoms with Crippen LogP contribution in [-0.4, -0.2) is 41.6 Å². The minimum absolute atomic E-state index is 0. The second kappa shape index (κ2) is 12.8. The molecule has 0 spiro atoms. The molecular formula is C22H34IN5O2S. The Bertz CT molecular complexity index is 846. The van der Waals surface area contributed by atoms with Gasteiger partial charge in [0.1, 0.15) is 10.6 Å². The van der Waals surface area contributed by atoms with E-state index in [1.165, 1.54) is 4.88 Å². The lowest BCUT2D eigenvalue weighted by Gasteiger charge is -2.24. The van der Waals surface area contributed by atoms with Gasteiger partial charge in [-0.25, -0.2) is 9.78 Å². The number of nitrogens with zero attached hydrogens (tertiary/aromatic N) is 3. The lowest BCUT2D eigenvalue weighted by atomic mass is 10.1. The highest BCUT2D eigenvalue weighted by Crippen LogP contribution is 2.13. The molecule has 1 amide bonds. The van der Waals surface area contributed by atoms with Crippen molar-refractivity contribution >= 4 is 47.4 Å². The van der Waals surface area contributed by atoms with Crippen molar-refractivity contribution in [1.82, 2.24) is 20.5 Å². The van der Waals surface area contributed by atoms with Crippen molar-refractivity contribution < 1.29 is 9.53 Å². The predicted octanol–water partition coefficient (Wildman–Crippen LogP) is 4.56. The number of rotatable bonds is 7. The number of aliphatic imine (C=N–C) groups is 1. The fraction of sp³-hybridized carbons (Fsp3) is 0.500. The van der Waals surface area contributed by atoms with Crippen LogP contribution < -0.4 is 10.6 Å². The van der Waals surface area contributed by atoms with Crippen molar-refractivity contribution in [1.29, 1.82) is 0 Å². The van der Waals surface area contributed by atoms with E-state index in [0.29, 0.717) is 19.6 Å². The maximum absolute atomic E-state index is 12.1. The summed E-state index contributed by atoms with van der Waals surface area (Å²) < 4.78 is 5.39. The monoisotopic (exact) mass is 559 g/mol. The molecular weight excluding hydrogens is 525 g/mol. The first-order valence-electron chi connectivity index (χ1n) is 10.1. The Morgan fingerprint density at radius 1 is 1.16 bits per heavy atom. The number of hydrogen-bond donors (Lipinski definition) is 2. The highest BCUT2D eigenvalue weighted by molar-refractivity contribution is 14.0. The molecule has 1 heterocycles. The molecule has 0 fully saturated rings. The summed E-state index contributed by atoms with van der Waals surface area (Å²) in [4.78, 5) is 23.6.